The average molecular weight is 262 g/mol. The van der Waals surface area contributed by atoms with E-state index in [2.05, 4.69) is 5.32 Å². The quantitative estimate of drug-likeness (QED) is 0.656. The molecule has 1 aromatic rings. The van der Waals surface area contributed by atoms with E-state index in [0.717, 1.165) is 5.56 Å². The number of carbonyl (C=O) groups is 3. The number of hydrogen-bond acceptors (Lipinski definition) is 4. The molecular weight excluding hydrogens is 244 g/mol. The predicted molar refractivity (Wildman–Crippen MR) is 71.4 cm³/mol. The summed E-state index contributed by atoms with van der Waals surface area (Å²) in [7, 11) is 0. The van der Waals surface area contributed by atoms with Crippen LogP contribution in [0.25, 0.3) is 0 Å². The van der Waals surface area contributed by atoms with Gasteiger partial charge in [-0.15, -0.1) is 0 Å². The zero-order valence-corrected chi connectivity index (χ0v) is 10.6. The molecular formula is C14H18N2O3. The van der Waals surface area contributed by atoms with E-state index in [-0.39, 0.29) is 6.42 Å². The summed E-state index contributed by atoms with van der Waals surface area (Å²) in [5.41, 5.74) is 6.58. The fourth-order valence-electron chi connectivity index (χ4n) is 1.64. The number of carbonyl (C=O) groups excluding carboxylic acids is 3. The van der Waals surface area contributed by atoms with Crippen LogP contribution in [0.4, 0.5) is 0 Å². The van der Waals surface area contributed by atoms with Crippen molar-refractivity contribution in [3.63, 3.8) is 0 Å². The van der Waals surface area contributed by atoms with Crippen LogP contribution in [0.15, 0.2) is 30.3 Å². The molecule has 0 saturated heterocycles. The lowest BCUT2D eigenvalue weighted by Crippen LogP contribution is -2.46. The summed E-state index contributed by atoms with van der Waals surface area (Å²) < 4.78 is 0. The summed E-state index contributed by atoms with van der Waals surface area (Å²) >= 11 is 0. The molecule has 2 atom stereocenters. The van der Waals surface area contributed by atoms with Crippen LogP contribution >= 0.6 is 0 Å². The molecule has 0 saturated carbocycles. The fourth-order valence-corrected chi connectivity index (χ4v) is 1.64. The Morgan fingerprint density at radius 2 is 1.95 bits per heavy atom. The van der Waals surface area contributed by atoms with E-state index >= 15 is 0 Å². The molecule has 3 N–H and O–H groups in total. The van der Waals surface area contributed by atoms with Gasteiger partial charge in [-0.1, -0.05) is 30.3 Å². The topological polar surface area (TPSA) is 89.3 Å². The van der Waals surface area contributed by atoms with Gasteiger partial charge in [0.1, 0.15) is 12.6 Å². The Morgan fingerprint density at radius 3 is 2.53 bits per heavy atom. The molecule has 0 aromatic heterocycles. The van der Waals surface area contributed by atoms with Gasteiger partial charge < -0.3 is 20.6 Å². The van der Waals surface area contributed by atoms with Crippen LogP contribution in [-0.4, -0.2) is 30.6 Å². The summed E-state index contributed by atoms with van der Waals surface area (Å²) in [5.74, 6) is -0.475. The van der Waals surface area contributed by atoms with Gasteiger partial charge in [0.15, 0.2) is 0 Å². The largest absolute Gasteiger partial charge is 0.345 e. The smallest absolute Gasteiger partial charge is 0.237 e. The van der Waals surface area contributed by atoms with E-state index in [4.69, 9.17) is 5.73 Å². The number of amides is 1. The molecule has 102 valence electrons. The van der Waals surface area contributed by atoms with Crippen LogP contribution in [0, 0.1) is 0 Å². The first-order valence-corrected chi connectivity index (χ1v) is 6.16. The van der Waals surface area contributed by atoms with Crippen molar-refractivity contribution >= 4 is 18.5 Å². The monoisotopic (exact) mass is 262 g/mol. The van der Waals surface area contributed by atoms with Crippen molar-refractivity contribution in [2.45, 2.75) is 31.3 Å². The number of benzene rings is 1. The lowest BCUT2D eigenvalue weighted by Gasteiger charge is -2.15. The lowest BCUT2D eigenvalue weighted by atomic mass is 10.1. The molecule has 1 aromatic carbocycles. The number of nitrogens with two attached hydrogens (primary N) is 1. The highest BCUT2D eigenvalue weighted by molar-refractivity contribution is 5.86. The zero-order valence-electron chi connectivity index (χ0n) is 10.6. The molecule has 5 heteroatoms. The molecule has 0 aliphatic heterocycles. The van der Waals surface area contributed by atoms with E-state index in [1.54, 1.807) is 0 Å². The molecule has 19 heavy (non-hydrogen) atoms. The maximum atomic E-state index is 11.6. The maximum absolute atomic E-state index is 11.6. The minimum Gasteiger partial charge on any atom is -0.345 e. The molecule has 1 rings (SSSR count). The van der Waals surface area contributed by atoms with Crippen molar-refractivity contribution in [3.8, 4) is 0 Å². The second-order valence-electron chi connectivity index (χ2n) is 4.28. The van der Waals surface area contributed by atoms with Crippen LogP contribution < -0.4 is 11.1 Å². The molecule has 0 spiro atoms. The van der Waals surface area contributed by atoms with Gasteiger partial charge in [-0.05, 0) is 18.4 Å². The fraction of sp³-hybridized carbons (Fsp3) is 0.357. The standard InChI is InChI=1S/C14H18N2O3/c15-13(8-9-17)14(19)16-12(10-18)7-6-11-4-2-1-3-5-11/h1-5,9-10,12-13H,6-8,15H2,(H,16,19). The highest BCUT2D eigenvalue weighted by atomic mass is 16.2. The zero-order chi connectivity index (χ0) is 14.1. The maximum Gasteiger partial charge on any atom is 0.237 e. The van der Waals surface area contributed by atoms with Gasteiger partial charge in [-0.3, -0.25) is 4.79 Å². The van der Waals surface area contributed by atoms with Gasteiger partial charge in [0.25, 0.3) is 0 Å². The van der Waals surface area contributed by atoms with Gasteiger partial charge in [-0.2, -0.15) is 0 Å². The second kappa shape index (κ2) is 8.16. The molecule has 0 fully saturated rings. The first kappa shape index (κ1) is 15.0. The van der Waals surface area contributed by atoms with Crippen LogP contribution in [-0.2, 0) is 20.8 Å². The van der Waals surface area contributed by atoms with Gasteiger partial charge in [0, 0.05) is 6.42 Å². The van der Waals surface area contributed by atoms with Gasteiger partial charge in [0.2, 0.25) is 5.91 Å². The summed E-state index contributed by atoms with van der Waals surface area (Å²) in [6.45, 7) is 0. The SMILES string of the molecule is NC(CC=O)C(=O)NC(C=O)CCc1ccccc1. The minimum atomic E-state index is -0.892. The third-order valence-corrected chi connectivity index (χ3v) is 2.77. The van der Waals surface area contributed by atoms with Gasteiger partial charge in [-0.25, -0.2) is 0 Å². The van der Waals surface area contributed by atoms with E-state index in [9.17, 15) is 14.4 Å². The molecule has 2 unspecified atom stereocenters. The second-order valence-corrected chi connectivity index (χ2v) is 4.28. The molecule has 0 bridgehead atoms. The average Bonchev–Trinajstić information content (AvgIpc) is 2.44. The molecule has 0 aliphatic rings. The Bertz CT molecular complexity index is 420. The van der Waals surface area contributed by atoms with Crippen LogP contribution in [0.3, 0.4) is 0 Å². The van der Waals surface area contributed by atoms with Crippen molar-refractivity contribution in [2.75, 3.05) is 0 Å². The molecule has 1 amide bonds. The van der Waals surface area contributed by atoms with Crippen LogP contribution in [0.1, 0.15) is 18.4 Å². The number of aldehydes is 2. The third kappa shape index (κ3) is 5.44. The number of nitrogens with one attached hydrogen (secondary N) is 1. The van der Waals surface area contributed by atoms with Gasteiger partial charge >= 0.3 is 0 Å². The van der Waals surface area contributed by atoms with Gasteiger partial charge in [0.05, 0.1) is 12.1 Å². The molecule has 0 heterocycles. The summed E-state index contributed by atoms with van der Waals surface area (Å²) in [5, 5.41) is 2.53. The highest BCUT2D eigenvalue weighted by Gasteiger charge is 2.17. The normalized spacial score (nSPS) is 13.3. The predicted octanol–water partition coefficient (Wildman–Crippen LogP) is 0.219. The van der Waals surface area contributed by atoms with Crippen molar-refractivity contribution in [2.24, 2.45) is 5.73 Å². The van der Waals surface area contributed by atoms with Crippen molar-refractivity contribution in [1.82, 2.24) is 5.32 Å². The Labute approximate surface area is 112 Å². The van der Waals surface area contributed by atoms with E-state index in [1.165, 1.54) is 0 Å². The highest BCUT2D eigenvalue weighted by Crippen LogP contribution is 2.04. The molecule has 5 nitrogen and oxygen atoms in total. The van der Waals surface area contributed by atoms with Crippen LogP contribution in [0.2, 0.25) is 0 Å². The van der Waals surface area contributed by atoms with E-state index in [0.29, 0.717) is 25.4 Å². The van der Waals surface area contributed by atoms with Crippen LogP contribution in [0.5, 0.6) is 0 Å². The molecule has 0 radical (unpaired) electrons. The Balaban J connectivity index is 2.43. The lowest BCUT2D eigenvalue weighted by molar-refractivity contribution is -0.126. The molecule has 0 aliphatic carbocycles. The summed E-state index contributed by atoms with van der Waals surface area (Å²) in [6.07, 6.45) is 2.43. The first-order valence-electron chi connectivity index (χ1n) is 6.16. The van der Waals surface area contributed by atoms with Crippen molar-refractivity contribution in [3.05, 3.63) is 35.9 Å². The Kier molecular flexibility index (Phi) is 6.46. The van der Waals surface area contributed by atoms with Crippen molar-refractivity contribution < 1.29 is 14.4 Å². The van der Waals surface area contributed by atoms with Crippen molar-refractivity contribution in [1.29, 1.82) is 0 Å². The number of hydrogen-bond donors (Lipinski definition) is 2. The number of rotatable bonds is 8. The van der Waals surface area contributed by atoms with E-state index < -0.39 is 18.0 Å². The first-order chi connectivity index (χ1) is 9.17. The minimum absolute atomic E-state index is 0.0455. The third-order valence-electron chi connectivity index (χ3n) is 2.77. The Morgan fingerprint density at radius 1 is 1.26 bits per heavy atom. The number of aryl methyl sites for hydroxylation is 1. The summed E-state index contributed by atoms with van der Waals surface area (Å²) in [4.78, 5) is 32.7. The Hall–Kier alpha value is -2.01. The van der Waals surface area contributed by atoms with E-state index in [1.807, 2.05) is 30.3 Å². The summed E-state index contributed by atoms with van der Waals surface area (Å²) in [6, 6.07) is 8.21.